The fourth-order valence-electron chi connectivity index (χ4n) is 2.11. The highest BCUT2D eigenvalue weighted by Crippen LogP contribution is 2.30. The minimum Gasteiger partial charge on any atom is -0.491 e. The molecular formula is C16H25NO2. The van der Waals surface area contributed by atoms with E-state index in [1.165, 1.54) is 12.8 Å². The topological polar surface area (TPSA) is 41.5 Å². The number of benzene rings is 1. The summed E-state index contributed by atoms with van der Waals surface area (Å²) in [6.45, 7) is 7.17. The Hall–Kier alpha value is -1.06. The monoisotopic (exact) mass is 263 g/mol. The normalized spacial score (nSPS) is 18.4. The molecule has 0 radical (unpaired) electrons. The third-order valence-electron chi connectivity index (χ3n) is 3.66. The number of ether oxygens (including phenoxy) is 1. The highest BCUT2D eigenvalue weighted by molar-refractivity contribution is 5.32. The van der Waals surface area contributed by atoms with Crippen molar-refractivity contribution in [2.24, 2.45) is 5.92 Å². The van der Waals surface area contributed by atoms with Crippen LogP contribution in [0.1, 0.15) is 39.2 Å². The molecule has 1 unspecified atom stereocenters. The standard InChI is InChI=1S/C16H25NO2/c1-12(2)19-15-8-6-14(7-9-15)16(3,11-18)17-10-13-4-5-13/h6-9,12-13,17-18H,4-5,10-11H2,1-3H3. The molecule has 2 rings (SSSR count). The molecule has 106 valence electrons. The average molecular weight is 263 g/mol. The predicted molar refractivity (Wildman–Crippen MR) is 77.4 cm³/mol. The van der Waals surface area contributed by atoms with Crippen LogP contribution < -0.4 is 10.1 Å². The van der Waals surface area contributed by atoms with Crippen molar-refractivity contribution in [3.63, 3.8) is 0 Å². The first-order valence-corrected chi connectivity index (χ1v) is 7.16. The van der Waals surface area contributed by atoms with Gasteiger partial charge in [0.1, 0.15) is 5.75 Å². The second-order valence-electron chi connectivity index (χ2n) is 6.01. The lowest BCUT2D eigenvalue weighted by Gasteiger charge is -2.30. The third kappa shape index (κ3) is 3.95. The summed E-state index contributed by atoms with van der Waals surface area (Å²) in [5, 5.41) is 13.2. The molecule has 1 aromatic carbocycles. The maximum absolute atomic E-state index is 9.69. The number of aliphatic hydroxyl groups is 1. The van der Waals surface area contributed by atoms with E-state index < -0.39 is 0 Å². The minimum atomic E-state index is -0.362. The van der Waals surface area contributed by atoms with E-state index in [0.29, 0.717) is 0 Å². The lowest BCUT2D eigenvalue weighted by atomic mass is 9.92. The van der Waals surface area contributed by atoms with Gasteiger partial charge in [-0.3, -0.25) is 0 Å². The van der Waals surface area contributed by atoms with Crippen molar-refractivity contribution in [2.45, 2.75) is 45.3 Å². The van der Waals surface area contributed by atoms with Gasteiger partial charge in [-0.15, -0.1) is 0 Å². The summed E-state index contributed by atoms with van der Waals surface area (Å²) in [7, 11) is 0. The van der Waals surface area contributed by atoms with E-state index in [9.17, 15) is 5.11 Å². The highest BCUT2D eigenvalue weighted by Gasteiger charge is 2.29. The van der Waals surface area contributed by atoms with Gasteiger partial charge in [0, 0.05) is 0 Å². The van der Waals surface area contributed by atoms with Crippen LogP contribution in [0.25, 0.3) is 0 Å². The van der Waals surface area contributed by atoms with Crippen LogP contribution in [0.4, 0.5) is 0 Å². The summed E-state index contributed by atoms with van der Waals surface area (Å²) < 4.78 is 5.64. The molecule has 1 atom stereocenters. The van der Waals surface area contributed by atoms with Crippen LogP contribution >= 0.6 is 0 Å². The van der Waals surface area contributed by atoms with Crippen molar-refractivity contribution in [3.8, 4) is 5.75 Å². The Balaban J connectivity index is 2.03. The number of rotatable bonds is 7. The molecular weight excluding hydrogens is 238 g/mol. The molecule has 0 amide bonds. The van der Waals surface area contributed by atoms with Gasteiger partial charge in [0.25, 0.3) is 0 Å². The summed E-state index contributed by atoms with van der Waals surface area (Å²) in [5.41, 5.74) is 0.741. The van der Waals surface area contributed by atoms with E-state index in [-0.39, 0.29) is 18.2 Å². The molecule has 1 saturated carbocycles. The Morgan fingerprint density at radius 3 is 2.42 bits per heavy atom. The summed E-state index contributed by atoms with van der Waals surface area (Å²) in [6, 6.07) is 8.02. The highest BCUT2D eigenvalue weighted by atomic mass is 16.5. The fraction of sp³-hybridized carbons (Fsp3) is 0.625. The largest absolute Gasteiger partial charge is 0.491 e. The maximum atomic E-state index is 9.69. The molecule has 1 fully saturated rings. The Bertz CT molecular complexity index is 398. The van der Waals surface area contributed by atoms with E-state index in [0.717, 1.165) is 23.8 Å². The first-order valence-electron chi connectivity index (χ1n) is 7.16. The molecule has 1 aromatic rings. The van der Waals surface area contributed by atoms with Crippen LogP contribution in [0.2, 0.25) is 0 Å². The summed E-state index contributed by atoms with van der Waals surface area (Å²) in [4.78, 5) is 0. The molecule has 0 bridgehead atoms. The average Bonchev–Trinajstić information content (AvgIpc) is 3.20. The molecule has 0 spiro atoms. The molecule has 0 aromatic heterocycles. The molecule has 0 saturated heterocycles. The Morgan fingerprint density at radius 2 is 1.95 bits per heavy atom. The van der Waals surface area contributed by atoms with E-state index in [2.05, 4.69) is 5.32 Å². The predicted octanol–water partition coefficient (Wildman–Crippen LogP) is 2.68. The third-order valence-corrected chi connectivity index (χ3v) is 3.66. The zero-order valence-corrected chi connectivity index (χ0v) is 12.1. The van der Waals surface area contributed by atoms with Gasteiger partial charge < -0.3 is 15.2 Å². The summed E-state index contributed by atoms with van der Waals surface area (Å²) in [5.74, 6) is 1.68. The minimum absolute atomic E-state index is 0.101. The van der Waals surface area contributed by atoms with Crippen LogP contribution in [-0.2, 0) is 5.54 Å². The molecule has 3 heteroatoms. The molecule has 0 aliphatic heterocycles. The van der Waals surface area contributed by atoms with Crippen LogP contribution in [-0.4, -0.2) is 24.4 Å². The Labute approximate surface area is 116 Å². The van der Waals surface area contributed by atoms with Crippen LogP contribution in [0.3, 0.4) is 0 Å². The van der Waals surface area contributed by atoms with Crippen molar-refractivity contribution >= 4 is 0 Å². The zero-order valence-electron chi connectivity index (χ0n) is 12.1. The smallest absolute Gasteiger partial charge is 0.119 e. The van der Waals surface area contributed by atoms with Crippen molar-refractivity contribution in [1.29, 1.82) is 0 Å². The first-order chi connectivity index (χ1) is 9.03. The van der Waals surface area contributed by atoms with E-state index in [1.54, 1.807) is 0 Å². The molecule has 1 aliphatic rings. The molecule has 2 N–H and O–H groups in total. The lowest BCUT2D eigenvalue weighted by molar-refractivity contribution is 0.173. The number of hydrogen-bond acceptors (Lipinski definition) is 3. The van der Waals surface area contributed by atoms with Gasteiger partial charge in [0.05, 0.1) is 18.2 Å². The van der Waals surface area contributed by atoms with Gasteiger partial charge in [-0.25, -0.2) is 0 Å². The number of hydrogen-bond donors (Lipinski definition) is 2. The maximum Gasteiger partial charge on any atom is 0.119 e. The van der Waals surface area contributed by atoms with E-state index in [4.69, 9.17) is 4.74 Å². The van der Waals surface area contributed by atoms with Crippen molar-refractivity contribution in [2.75, 3.05) is 13.2 Å². The van der Waals surface area contributed by atoms with Gasteiger partial charge >= 0.3 is 0 Å². The Kier molecular flexibility index (Phi) is 4.48. The van der Waals surface area contributed by atoms with Gasteiger partial charge in [0.15, 0.2) is 0 Å². The second-order valence-corrected chi connectivity index (χ2v) is 6.01. The van der Waals surface area contributed by atoms with E-state index >= 15 is 0 Å². The zero-order chi connectivity index (χ0) is 13.9. The van der Waals surface area contributed by atoms with Crippen molar-refractivity contribution in [3.05, 3.63) is 29.8 Å². The summed E-state index contributed by atoms with van der Waals surface area (Å²) in [6.07, 6.45) is 2.81. The lowest BCUT2D eigenvalue weighted by Crippen LogP contribution is -2.43. The number of nitrogens with one attached hydrogen (secondary N) is 1. The van der Waals surface area contributed by atoms with Gasteiger partial charge in [-0.1, -0.05) is 12.1 Å². The van der Waals surface area contributed by atoms with Crippen LogP contribution in [0, 0.1) is 5.92 Å². The SMILES string of the molecule is CC(C)Oc1ccc(C(C)(CO)NCC2CC2)cc1. The van der Waals surface area contributed by atoms with Crippen LogP contribution in [0.15, 0.2) is 24.3 Å². The van der Waals surface area contributed by atoms with Gasteiger partial charge in [0.2, 0.25) is 0 Å². The first kappa shape index (κ1) is 14.4. The van der Waals surface area contributed by atoms with Crippen molar-refractivity contribution in [1.82, 2.24) is 5.32 Å². The Morgan fingerprint density at radius 1 is 1.32 bits per heavy atom. The molecule has 19 heavy (non-hydrogen) atoms. The molecule has 3 nitrogen and oxygen atoms in total. The fourth-order valence-corrected chi connectivity index (χ4v) is 2.11. The molecule has 0 heterocycles. The quantitative estimate of drug-likeness (QED) is 0.794. The molecule has 1 aliphatic carbocycles. The second kappa shape index (κ2) is 5.93. The van der Waals surface area contributed by atoms with E-state index in [1.807, 2.05) is 45.0 Å². The van der Waals surface area contributed by atoms with Crippen molar-refractivity contribution < 1.29 is 9.84 Å². The number of aliphatic hydroxyl groups excluding tert-OH is 1. The van der Waals surface area contributed by atoms with Crippen LogP contribution in [0.5, 0.6) is 5.75 Å². The van der Waals surface area contributed by atoms with Gasteiger partial charge in [-0.05, 0) is 63.8 Å². The summed E-state index contributed by atoms with van der Waals surface area (Å²) >= 11 is 0. The van der Waals surface area contributed by atoms with Gasteiger partial charge in [-0.2, -0.15) is 0 Å².